The van der Waals surface area contributed by atoms with Crippen molar-refractivity contribution in [2.75, 3.05) is 20.7 Å². The monoisotopic (exact) mass is 475 g/mol. The summed E-state index contributed by atoms with van der Waals surface area (Å²) in [6.45, 7) is 6.24. The molecule has 2 aromatic carbocycles. The molecular formula is C26H25N3O4S. The van der Waals surface area contributed by atoms with Crippen LogP contribution in [0.5, 0.6) is 11.5 Å². The van der Waals surface area contributed by atoms with E-state index < -0.39 is 11.8 Å². The highest BCUT2D eigenvalue weighted by Crippen LogP contribution is 2.36. The molecule has 1 aliphatic heterocycles. The fourth-order valence-corrected chi connectivity index (χ4v) is 3.71. The van der Waals surface area contributed by atoms with E-state index >= 15 is 0 Å². The number of likely N-dealkylation sites (N-methyl/N-ethyl adjacent to an activating group) is 2. The molecule has 0 spiro atoms. The van der Waals surface area contributed by atoms with E-state index in [1.807, 2.05) is 25.1 Å². The van der Waals surface area contributed by atoms with Crippen LogP contribution in [0.2, 0.25) is 0 Å². The van der Waals surface area contributed by atoms with Crippen LogP contribution < -0.4 is 9.47 Å². The summed E-state index contributed by atoms with van der Waals surface area (Å²) >= 11 is 5.15. The van der Waals surface area contributed by atoms with Gasteiger partial charge < -0.3 is 9.47 Å². The number of thiocarbonyl (C=S) groups is 1. The lowest BCUT2D eigenvalue weighted by Crippen LogP contribution is -2.52. The van der Waals surface area contributed by atoms with Crippen LogP contribution in [0.1, 0.15) is 29.2 Å². The first-order valence-corrected chi connectivity index (χ1v) is 11.1. The average Bonchev–Trinajstić information content (AvgIpc) is 2.84. The normalized spacial score (nSPS) is 13.6. The van der Waals surface area contributed by atoms with Gasteiger partial charge in [0.15, 0.2) is 16.6 Å². The average molecular weight is 476 g/mol. The maximum absolute atomic E-state index is 12.7. The van der Waals surface area contributed by atoms with Crippen LogP contribution in [0.4, 0.5) is 0 Å². The molecule has 0 unspecified atom stereocenters. The summed E-state index contributed by atoms with van der Waals surface area (Å²) in [7, 11) is 3.07. The first-order chi connectivity index (χ1) is 16.3. The molecule has 1 heterocycles. The molecule has 0 aromatic heterocycles. The van der Waals surface area contributed by atoms with Crippen molar-refractivity contribution in [2.45, 2.75) is 20.0 Å². The van der Waals surface area contributed by atoms with Crippen LogP contribution in [0, 0.1) is 11.3 Å². The Balaban J connectivity index is 2.04. The Morgan fingerprint density at radius 1 is 1.09 bits per heavy atom. The first-order valence-electron chi connectivity index (χ1n) is 10.7. The molecule has 2 aromatic rings. The van der Waals surface area contributed by atoms with E-state index in [2.05, 4.69) is 12.6 Å². The first kappa shape index (κ1) is 24.7. The number of hydrogen-bond donors (Lipinski definition) is 0. The number of rotatable bonds is 8. The molecule has 1 aliphatic rings. The molecule has 3 rings (SSSR count). The summed E-state index contributed by atoms with van der Waals surface area (Å²) in [6, 6.07) is 12.9. The quantitative estimate of drug-likeness (QED) is 0.250. The van der Waals surface area contributed by atoms with Crippen LogP contribution in [-0.4, -0.2) is 47.4 Å². The van der Waals surface area contributed by atoms with Crippen LogP contribution in [0.3, 0.4) is 0 Å². The minimum absolute atomic E-state index is 0.00205. The van der Waals surface area contributed by atoms with Gasteiger partial charge >= 0.3 is 0 Å². The molecule has 0 radical (unpaired) electrons. The van der Waals surface area contributed by atoms with Crippen molar-refractivity contribution in [1.29, 1.82) is 5.26 Å². The third-order valence-electron chi connectivity index (χ3n) is 5.28. The topological polar surface area (TPSA) is 82.9 Å². The van der Waals surface area contributed by atoms with Gasteiger partial charge in [-0.05, 0) is 55.4 Å². The van der Waals surface area contributed by atoms with Crippen molar-refractivity contribution in [3.63, 3.8) is 0 Å². The molecule has 0 aliphatic carbocycles. The van der Waals surface area contributed by atoms with E-state index in [0.29, 0.717) is 35.7 Å². The summed E-state index contributed by atoms with van der Waals surface area (Å²) in [5.74, 6) is 0.0546. The van der Waals surface area contributed by atoms with Crippen molar-refractivity contribution < 1.29 is 19.1 Å². The van der Waals surface area contributed by atoms with Crippen LogP contribution in [0.25, 0.3) is 6.08 Å². The van der Waals surface area contributed by atoms with E-state index in [0.717, 1.165) is 11.1 Å². The SMILES string of the molecule is C=CCc1cc(C=C2C(=O)N(C)C(=S)N(C)C2=O)cc(OCC)c1OCc1ccccc1C#N. The van der Waals surface area contributed by atoms with E-state index in [9.17, 15) is 14.9 Å². The molecule has 1 saturated heterocycles. The Morgan fingerprint density at radius 2 is 1.76 bits per heavy atom. The number of hydrogen-bond acceptors (Lipinski definition) is 6. The van der Waals surface area contributed by atoms with Gasteiger partial charge in [0.05, 0.1) is 18.2 Å². The van der Waals surface area contributed by atoms with Crippen LogP contribution >= 0.6 is 12.2 Å². The number of allylic oxidation sites excluding steroid dienone is 1. The Hall–Kier alpha value is -3.96. The fourth-order valence-electron chi connectivity index (χ4n) is 3.55. The zero-order chi connectivity index (χ0) is 24.8. The molecule has 0 saturated carbocycles. The van der Waals surface area contributed by atoms with Crippen molar-refractivity contribution in [2.24, 2.45) is 0 Å². The molecule has 1 fully saturated rings. The van der Waals surface area contributed by atoms with Crippen molar-refractivity contribution in [3.8, 4) is 17.6 Å². The van der Waals surface area contributed by atoms with Gasteiger partial charge in [-0.25, -0.2) is 0 Å². The lowest BCUT2D eigenvalue weighted by molar-refractivity contribution is -0.132. The molecule has 0 N–H and O–H groups in total. The third-order valence-corrected chi connectivity index (χ3v) is 5.83. The van der Waals surface area contributed by atoms with Gasteiger partial charge in [0, 0.05) is 25.2 Å². The summed E-state index contributed by atoms with van der Waals surface area (Å²) < 4.78 is 12.0. The molecule has 7 nitrogen and oxygen atoms in total. The molecule has 2 amide bonds. The number of nitriles is 1. The van der Waals surface area contributed by atoms with Gasteiger partial charge in [0.25, 0.3) is 11.8 Å². The second-order valence-corrected chi connectivity index (χ2v) is 7.92. The minimum Gasteiger partial charge on any atom is -0.490 e. The van der Waals surface area contributed by atoms with E-state index in [-0.39, 0.29) is 17.3 Å². The van der Waals surface area contributed by atoms with Gasteiger partial charge in [-0.3, -0.25) is 19.4 Å². The summed E-state index contributed by atoms with van der Waals surface area (Å²) in [5.41, 5.74) is 2.67. The number of benzene rings is 2. The summed E-state index contributed by atoms with van der Waals surface area (Å²) in [6.07, 6.45) is 3.73. The van der Waals surface area contributed by atoms with Gasteiger partial charge in [0.2, 0.25) is 0 Å². The Kier molecular flexibility index (Phi) is 7.82. The minimum atomic E-state index is -0.468. The van der Waals surface area contributed by atoms with Crippen LogP contribution in [-0.2, 0) is 22.6 Å². The van der Waals surface area contributed by atoms with Crippen molar-refractivity contribution in [3.05, 3.63) is 76.9 Å². The maximum Gasteiger partial charge on any atom is 0.265 e. The standard InChI is InChI=1S/C26H25N3O4S/c1-5-9-18-12-17(13-21-24(30)28(3)26(34)29(4)25(21)31)14-22(32-6-2)23(18)33-16-20-11-8-7-10-19(20)15-27/h5,7-8,10-14H,1,6,9,16H2,2-4H3. The largest absolute Gasteiger partial charge is 0.490 e. The van der Waals surface area contributed by atoms with E-state index in [1.165, 1.54) is 30.0 Å². The molecule has 34 heavy (non-hydrogen) atoms. The number of nitrogens with zero attached hydrogens (tertiary/aromatic N) is 3. The van der Waals surface area contributed by atoms with Crippen molar-refractivity contribution in [1.82, 2.24) is 9.80 Å². The molecule has 8 heteroatoms. The molecule has 0 atom stereocenters. The van der Waals surface area contributed by atoms with E-state index in [1.54, 1.807) is 24.3 Å². The molecular weight excluding hydrogens is 450 g/mol. The number of carbonyl (C=O) groups excluding carboxylic acids is 2. The van der Waals surface area contributed by atoms with E-state index in [4.69, 9.17) is 21.7 Å². The molecule has 174 valence electrons. The van der Waals surface area contributed by atoms with Crippen molar-refractivity contribution >= 4 is 35.2 Å². The van der Waals surface area contributed by atoms with Crippen LogP contribution in [0.15, 0.2) is 54.6 Å². The number of amides is 2. The highest BCUT2D eigenvalue weighted by Gasteiger charge is 2.35. The Bertz CT molecular complexity index is 1200. The second-order valence-electron chi connectivity index (χ2n) is 7.56. The zero-order valence-corrected chi connectivity index (χ0v) is 20.1. The maximum atomic E-state index is 12.7. The third kappa shape index (κ3) is 5.00. The number of ether oxygens (including phenoxy) is 2. The second kappa shape index (κ2) is 10.8. The van der Waals surface area contributed by atoms with Gasteiger partial charge in [-0.2, -0.15) is 5.26 Å². The predicted molar refractivity (Wildman–Crippen MR) is 133 cm³/mol. The van der Waals surface area contributed by atoms with Gasteiger partial charge in [-0.15, -0.1) is 6.58 Å². The highest BCUT2D eigenvalue weighted by molar-refractivity contribution is 7.80. The lowest BCUT2D eigenvalue weighted by Gasteiger charge is -2.31. The smallest absolute Gasteiger partial charge is 0.265 e. The van der Waals surface area contributed by atoms with Gasteiger partial charge in [0.1, 0.15) is 12.2 Å². The predicted octanol–water partition coefficient (Wildman–Crippen LogP) is 3.86. The zero-order valence-electron chi connectivity index (χ0n) is 19.3. The Morgan fingerprint density at radius 3 is 2.38 bits per heavy atom. The van der Waals surface area contributed by atoms with Gasteiger partial charge in [-0.1, -0.05) is 24.3 Å². The lowest BCUT2D eigenvalue weighted by atomic mass is 10.0. The summed E-state index contributed by atoms with van der Waals surface area (Å²) in [5, 5.41) is 9.51. The number of carbonyl (C=O) groups is 2. The fraction of sp³-hybridized carbons (Fsp3) is 0.231. The molecule has 0 bridgehead atoms. The summed E-state index contributed by atoms with van der Waals surface area (Å²) in [4.78, 5) is 28.0. The highest BCUT2D eigenvalue weighted by atomic mass is 32.1. The Labute approximate surface area is 204 Å².